The van der Waals surface area contributed by atoms with Crippen molar-refractivity contribution in [2.45, 2.75) is 44.1 Å². The van der Waals surface area contributed by atoms with Gasteiger partial charge in [0.1, 0.15) is 18.5 Å². The van der Waals surface area contributed by atoms with E-state index >= 15 is 0 Å². The van der Waals surface area contributed by atoms with Crippen LogP contribution in [-0.2, 0) is 6.42 Å². The Kier molecular flexibility index (Phi) is 2.98. The van der Waals surface area contributed by atoms with Gasteiger partial charge in [-0.15, -0.1) is 10.2 Å². The second-order valence-corrected chi connectivity index (χ2v) is 6.06. The molecule has 1 aliphatic heterocycles. The Balaban J connectivity index is 1.75. The highest BCUT2D eigenvalue weighted by Crippen LogP contribution is 2.38. The van der Waals surface area contributed by atoms with Gasteiger partial charge in [0.15, 0.2) is 0 Å². The van der Waals surface area contributed by atoms with Crippen molar-refractivity contribution in [2.75, 3.05) is 5.43 Å². The van der Waals surface area contributed by atoms with Crippen LogP contribution < -0.4 is 5.43 Å². The summed E-state index contributed by atoms with van der Waals surface area (Å²) in [4.78, 5) is 5.12. The molecule has 2 aliphatic rings. The number of hydrogen-bond donors (Lipinski definition) is 1. The molecular formula is C16H19N5. The molecule has 1 aromatic heterocycles. The third-order valence-electron chi connectivity index (χ3n) is 4.58. The van der Waals surface area contributed by atoms with E-state index in [-0.39, 0.29) is 5.54 Å². The lowest BCUT2D eigenvalue weighted by atomic mass is 9.75. The average Bonchev–Trinajstić information content (AvgIpc) is 3.01. The molecule has 0 atom stereocenters. The molecule has 21 heavy (non-hydrogen) atoms. The largest absolute Gasteiger partial charge is 0.275 e. The second-order valence-electron chi connectivity index (χ2n) is 6.06. The quantitative estimate of drug-likeness (QED) is 0.874. The van der Waals surface area contributed by atoms with Gasteiger partial charge in [0, 0.05) is 5.56 Å². The molecule has 2 aromatic rings. The van der Waals surface area contributed by atoms with Crippen molar-refractivity contribution in [1.82, 2.24) is 14.9 Å². The van der Waals surface area contributed by atoms with E-state index in [2.05, 4.69) is 39.9 Å². The molecule has 1 aromatic carbocycles. The first-order valence-electron chi connectivity index (χ1n) is 7.65. The van der Waals surface area contributed by atoms with Crippen LogP contribution in [0.2, 0.25) is 0 Å². The summed E-state index contributed by atoms with van der Waals surface area (Å²) in [5.74, 6) is 0.943. The molecule has 4 rings (SSSR count). The molecule has 2 heterocycles. The Morgan fingerprint density at radius 2 is 1.76 bits per heavy atom. The number of benzene rings is 1. The van der Waals surface area contributed by atoms with Crippen LogP contribution in [0, 0.1) is 0 Å². The lowest BCUT2D eigenvalue weighted by Gasteiger charge is -2.38. The number of hydrogen-bond acceptors (Lipinski definition) is 4. The van der Waals surface area contributed by atoms with Gasteiger partial charge in [-0.3, -0.25) is 10.4 Å². The molecular weight excluding hydrogens is 262 g/mol. The van der Waals surface area contributed by atoms with E-state index in [1.807, 2.05) is 0 Å². The van der Waals surface area contributed by atoms with Crippen molar-refractivity contribution in [3.63, 3.8) is 0 Å². The average molecular weight is 281 g/mol. The van der Waals surface area contributed by atoms with E-state index in [1.54, 1.807) is 17.3 Å². The Labute approximate surface area is 124 Å². The summed E-state index contributed by atoms with van der Waals surface area (Å²) in [6.45, 7) is 0. The SMILES string of the molecule is c1ccc2c(c1)CC1(CCCCC1)N=C2Nn1cnnc1. The molecule has 5 heteroatoms. The van der Waals surface area contributed by atoms with Crippen LogP contribution in [0.4, 0.5) is 0 Å². The fraction of sp³-hybridized carbons (Fsp3) is 0.438. The predicted octanol–water partition coefficient (Wildman–Crippen LogP) is 2.53. The van der Waals surface area contributed by atoms with Crippen molar-refractivity contribution in [1.29, 1.82) is 0 Å². The third-order valence-corrected chi connectivity index (χ3v) is 4.58. The Morgan fingerprint density at radius 3 is 2.57 bits per heavy atom. The van der Waals surface area contributed by atoms with E-state index in [0.717, 1.165) is 12.3 Å². The zero-order chi connectivity index (χ0) is 14.1. The highest BCUT2D eigenvalue weighted by atomic mass is 15.5. The van der Waals surface area contributed by atoms with Crippen molar-refractivity contribution < 1.29 is 0 Å². The lowest BCUT2D eigenvalue weighted by molar-refractivity contribution is 0.294. The number of aliphatic imine (C=N–C) groups is 1. The van der Waals surface area contributed by atoms with E-state index in [9.17, 15) is 0 Å². The van der Waals surface area contributed by atoms with Crippen LogP contribution in [0.1, 0.15) is 43.2 Å². The van der Waals surface area contributed by atoms with Crippen LogP contribution in [0.5, 0.6) is 0 Å². The standard InChI is InChI=1S/C16H19N5/c1-4-8-16(9-5-1)10-13-6-2-3-7-14(13)15(19-16)20-21-11-17-18-12-21/h2-3,6-7,11-12H,1,4-5,8-10H2,(H,19,20). The van der Waals surface area contributed by atoms with Crippen LogP contribution in [0.15, 0.2) is 41.9 Å². The molecule has 0 radical (unpaired) electrons. The zero-order valence-electron chi connectivity index (χ0n) is 12.0. The number of nitrogens with zero attached hydrogens (tertiary/aromatic N) is 4. The summed E-state index contributed by atoms with van der Waals surface area (Å²) < 4.78 is 1.76. The summed E-state index contributed by atoms with van der Waals surface area (Å²) in [7, 11) is 0. The predicted molar refractivity (Wildman–Crippen MR) is 81.9 cm³/mol. The first-order chi connectivity index (χ1) is 10.3. The molecule has 1 saturated carbocycles. The van der Waals surface area contributed by atoms with E-state index < -0.39 is 0 Å². The maximum Gasteiger partial charge on any atom is 0.148 e. The van der Waals surface area contributed by atoms with Gasteiger partial charge in [-0.05, 0) is 24.8 Å². The van der Waals surface area contributed by atoms with Gasteiger partial charge in [-0.1, -0.05) is 43.5 Å². The van der Waals surface area contributed by atoms with E-state index in [0.29, 0.717) is 0 Å². The Hall–Kier alpha value is -2.17. The van der Waals surface area contributed by atoms with Crippen LogP contribution >= 0.6 is 0 Å². The zero-order valence-corrected chi connectivity index (χ0v) is 12.0. The smallest absolute Gasteiger partial charge is 0.148 e. The second kappa shape index (κ2) is 4.98. The minimum Gasteiger partial charge on any atom is -0.275 e. The van der Waals surface area contributed by atoms with Gasteiger partial charge in [0.05, 0.1) is 5.54 Å². The monoisotopic (exact) mass is 281 g/mol. The Morgan fingerprint density at radius 1 is 1.00 bits per heavy atom. The molecule has 5 nitrogen and oxygen atoms in total. The Bertz CT molecular complexity index is 653. The highest BCUT2D eigenvalue weighted by Gasteiger charge is 2.36. The maximum absolute atomic E-state index is 5.12. The fourth-order valence-corrected chi connectivity index (χ4v) is 3.56. The normalized spacial score (nSPS) is 19.9. The third kappa shape index (κ3) is 2.33. The van der Waals surface area contributed by atoms with E-state index in [4.69, 9.17) is 4.99 Å². The minimum absolute atomic E-state index is 0.0863. The first-order valence-corrected chi connectivity index (χ1v) is 7.65. The number of aromatic nitrogens is 3. The summed E-state index contributed by atoms with van der Waals surface area (Å²) in [6.07, 6.45) is 10.7. The molecule has 1 aliphatic carbocycles. The molecule has 0 unspecified atom stereocenters. The van der Waals surface area contributed by atoms with Crippen molar-refractivity contribution in [3.8, 4) is 0 Å². The molecule has 1 spiro atoms. The van der Waals surface area contributed by atoms with Crippen molar-refractivity contribution in [2.24, 2.45) is 4.99 Å². The topological polar surface area (TPSA) is 55.1 Å². The van der Waals surface area contributed by atoms with Crippen molar-refractivity contribution >= 4 is 5.84 Å². The van der Waals surface area contributed by atoms with Gasteiger partial charge in [0.25, 0.3) is 0 Å². The van der Waals surface area contributed by atoms with Crippen LogP contribution in [0.25, 0.3) is 0 Å². The summed E-state index contributed by atoms with van der Waals surface area (Å²) >= 11 is 0. The highest BCUT2D eigenvalue weighted by molar-refractivity contribution is 6.06. The summed E-state index contributed by atoms with van der Waals surface area (Å²) in [6, 6.07) is 8.56. The van der Waals surface area contributed by atoms with Crippen molar-refractivity contribution in [3.05, 3.63) is 48.0 Å². The molecule has 0 bridgehead atoms. The molecule has 1 N–H and O–H groups in total. The fourth-order valence-electron chi connectivity index (χ4n) is 3.56. The number of amidine groups is 1. The molecule has 108 valence electrons. The maximum atomic E-state index is 5.12. The summed E-state index contributed by atoms with van der Waals surface area (Å²) in [5, 5.41) is 7.69. The molecule has 0 saturated heterocycles. The van der Waals surface area contributed by atoms with Crippen LogP contribution in [-0.4, -0.2) is 26.2 Å². The molecule has 1 fully saturated rings. The number of nitrogens with one attached hydrogen (secondary N) is 1. The van der Waals surface area contributed by atoms with E-state index in [1.165, 1.54) is 43.2 Å². The molecule has 0 amide bonds. The number of rotatable bonds is 1. The van der Waals surface area contributed by atoms with Gasteiger partial charge >= 0.3 is 0 Å². The minimum atomic E-state index is 0.0863. The first kappa shape index (κ1) is 12.6. The summed E-state index contributed by atoms with van der Waals surface area (Å²) in [5.41, 5.74) is 6.01. The van der Waals surface area contributed by atoms with Crippen LogP contribution in [0.3, 0.4) is 0 Å². The van der Waals surface area contributed by atoms with Gasteiger partial charge < -0.3 is 0 Å². The van der Waals surface area contributed by atoms with Gasteiger partial charge in [-0.2, -0.15) is 0 Å². The van der Waals surface area contributed by atoms with Gasteiger partial charge in [-0.25, -0.2) is 4.68 Å². The lowest BCUT2D eigenvalue weighted by Crippen LogP contribution is -2.40. The number of fused-ring (bicyclic) bond motifs is 1. The van der Waals surface area contributed by atoms with Gasteiger partial charge in [0.2, 0.25) is 0 Å².